The summed E-state index contributed by atoms with van der Waals surface area (Å²) in [7, 11) is 2.02. The molecule has 2 atom stereocenters. The average Bonchev–Trinajstić information content (AvgIpc) is 2.76. The first-order valence-corrected chi connectivity index (χ1v) is 6.98. The van der Waals surface area contributed by atoms with Gasteiger partial charge in [0, 0.05) is 25.6 Å². The molecule has 1 heterocycles. The Balaban J connectivity index is 2.33. The zero-order valence-electron chi connectivity index (χ0n) is 12.4. The Hall–Kier alpha value is -1.34. The minimum atomic E-state index is -1.07. The maximum atomic E-state index is 11.9. The maximum Gasteiger partial charge on any atom is 0.326 e. The van der Waals surface area contributed by atoms with Gasteiger partial charge >= 0.3 is 12.0 Å². The number of carboxylic acids is 1. The molecule has 3 N–H and O–H groups in total. The van der Waals surface area contributed by atoms with Crippen molar-refractivity contribution in [3.63, 3.8) is 0 Å². The van der Waals surface area contributed by atoms with Crippen molar-refractivity contribution >= 4 is 12.0 Å². The zero-order valence-corrected chi connectivity index (χ0v) is 12.4. The average molecular weight is 287 g/mol. The molecule has 0 unspecified atom stereocenters. The van der Waals surface area contributed by atoms with Gasteiger partial charge in [-0.15, -0.1) is 0 Å². The van der Waals surface area contributed by atoms with Gasteiger partial charge in [0.2, 0.25) is 0 Å². The van der Waals surface area contributed by atoms with Gasteiger partial charge in [0.1, 0.15) is 6.04 Å². The SMILES string of the molecule is CC(C)N(C)CCCNC(=O)N1C[C@@H](O)C[C@H]1C(=O)O. The molecule has 2 amide bonds. The van der Waals surface area contributed by atoms with E-state index in [4.69, 9.17) is 5.11 Å². The number of carbonyl (C=O) groups is 2. The fourth-order valence-electron chi connectivity index (χ4n) is 2.16. The number of carbonyl (C=O) groups excluding carboxylic acids is 1. The van der Waals surface area contributed by atoms with Gasteiger partial charge in [0.05, 0.1) is 6.10 Å². The van der Waals surface area contributed by atoms with Gasteiger partial charge in [-0.25, -0.2) is 9.59 Å². The van der Waals surface area contributed by atoms with Crippen molar-refractivity contribution in [2.75, 3.05) is 26.7 Å². The number of hydrogen-bond acceptors (Lipinski definition) is 4. The van der Waals surface area contributed by atoms with Crippen molar-refractivity contribution in [1.29, 1.82) is 0 Å². The van der Waals surface area contributed by atoms with Crippen LogP contribution in [-0.2, 0) is 4.79 Å². The van der Waals surface area contributed by atoms with Crippen LogP contribution in [0.3, 0.4) is 0 Å². The van der Waals surface area contributed by atoms with E-state index in [-0.39, 0.29) is 13.0 Å². The van der Waals surface area contributed by atoms with Crippen molar-refractivity contribution in [2.24, 2.45) is 0 Å². The summed E-state index contributed by atoms with van der Waals surface area (Å²) in [5, 5.41) is 21.2. The van der Waals surface area contributed by atoms with Crippen molar-refractivity contribution in [2.45, 2.75) is 44.9 Å². The van der Waals surface area contributed by atoms with E-state index in [9.17, 15) is 14.7 Å². The lowest BCUT2D eigenvalue weighted by atomic mass is 10.2. The van der Waals surface area contributed by atoms with Crippen LogP contribution in [0.4, 0.5) is 4.79 Å². The topological polar surface area (TPSA) is 93.1 Å². The first kappa shape index (κ1) is 16.7. The van der Waals surface area contributed by atoms with E-state index in [1.54, 1.807) is 0 Å². The Morgan fingerprint density at radius 1 is 1.45 bits per heavy atom. The Labute approximate surface area is 119 Å². The zero-order chi connectivity index (χ0) is 15.3. The number of likely N-dealkylation sites (tertiary alicyclic amines) is 1. The largest absolute Gasteiger partial charge is 0.480 e. The van der Waals surface area contributed by atoms with Crippen LogP contribution in [0.5, 0.6) is 0 Å². The molecule has 7 nitrogen and oxygen atoms in total. The molecule has 0 aromatic heterocycles. The molecule has 1 aliphatic rings. The third kappa shape index (κ3) is 4.64. The number of rotatable bonds is 6. The summed E-state index contributed by atoms with van der Waals surface area (Å²) in [6, 6.07) is -0.889. The molecule has 0 bridgehead atoms. The number of aliphatic hydroxyl groups is 1. The van der Waals surface area contributed by atoms with Crippen molar-refractivity contribution in [3.05, 3.63) is 0 Å². The smallest absolute Gasteiger partial charge is 0.326 e. The van der Waals surface area contributed by atoms with E-state index < -0.39 is 24.1 Å². The minimum absolute atomic E-state index is 0.0781. The lowest BCUT2D eigenvalue weighted by Crippen LogP contribution is -2.46. The van der Waals surface area contributed by atoms with Crippen LogP contribution >= 0.6 is 0 Å². The fourth-order valence-corrected chi connectivity index (χ4v) is 2.16. The van der Waals surface area contributed by atoms with Crippen molar-refractivity contribution in [3.8, 4) is 0 Å². The highest BCUT2D eigenvalue weighted by molar-refractivity contribution is 5.83. The molecule has 1 fully saturated rings. The third-order valence-electron chi connectivity index (χ3n) is 3.67. The first-order chi connectivity index (χ1) is 9.32. The molecule has 116 valence electrons. The predicted octanol–water partition coefficient (Wildman–Crippen LogP) is -0.0539. The first-order valence-electron chi connectivity index (χ1n) is 6.98. The Kier molecular flexibility index (Phi) is 6.22. The van der Waals surface area contributed by atoms with Crippen LogP contribution in [0.25, 0.3) is 0 Å². The van der Waals surface area contributed by atoms with E-state index in [0.29, 0.717) is 12.6 Å². The number of aliphatic carboxylic acids is 1. The number of nitrogens with one attached hydrogen (secondary N) is 1. The van der Waals surface area contributed by atoms with Crippen molar-refractivity contribution < 1.29 is 19.8 Å². The Morgan fingerprint density at radius 2 is 2.10 bits per heavy atom. The molecular weight excluding hydrogens is 262 g/mol. The molecule has 0 spiro atoms. The van der Waals surface area contributed by atoms with E-state index in [1.807, 2.05) is 7.05 Å². The predicted molar refractivity (Wildman–Crippen MR) is 74.5 cm³/mol. The summed E-state index contributed by atoms with van der Waals surface area (Å²) < 4.78 is 0. The molecule has 1 saturated heterocycles. The number of carboxylic acid groups (broad SMARTS) is 1. The highest BCUT2D eigenvalue weighted by atomic mass is 16.4. The Bertz CT molecular complexity index is 349. The van der Waals surface area contributed by atoms with E-state index >= 15 is 0 Å². The maximum absolute atomic E-state index is 11.9. The number of β-amino-alcohol motifs (C(OH)–C–C–N with tert-alkyl or cyclic N) is 1. The van der Waals surface area contributed by atoms with Gasteiger partial charge in [-0.05, 0) is 33.9 Å². The second-order valence-electron chi connectivity index (χ2n) is 5.56. The molecule has 1 aliphatic heterocycles. The third-order valence-corrected chi connectivity index (χ3v) is 3.67. The highest BCUT2D eigenvalue weighted by Gasteiger charge is 2.38. The monoisotopic (exact) mass is 287 g/mol. The molecular formula is C13H25N3O4. The number of amides is 2. The van der Waals surface area contributed by atoms with Crippen LogP contribution in [0.1, 0.15) is 26.7 Å². The van der Waals surface area contributed by atoms with Gasteiger partial charge in [-0.3, -0.25) is 0 Å². The minimum Gasteiger partial charge on any atom is -0.480 e. The summed E-state index contributed by atoms with van der Waals surface area (Å²) in [6.45, 7) is 5.63. The molecule has 0 saturated carbocycles. The standard InChI is InChI=1S/C13H25N3O4/c1-9(2)15(3)6-4-5-14-13(20)16-8-10(17)7-11(16)12(18)19/h9-11,17H,4-8H2,1-3H3,(H,14,20)(H,18,19)/t10-,11-/m0/s1. The van der Waals surface area contributed by atoms with Gasteiger partial charge in [0.25, 0.3) is 0 Å². The van der Waals surface area contributed by atoms with Gasteiger partial charge in [-0.1, -0.05) is 0 Å². The lowest BCUT2D eigenvalue weighted by molar-refractivity contribution is -0.141. The van der Waals surface area contributed by atoms with Crippen LogP contribution in [-0.4, -0.2) is 76.9 Å². The second-order valence-corrected chi connectivity index (χ2v) is 5.56. The second kappa shape index (κ2) is 7.44. The van der Waals surface area contributed by atoms with Crippen LogP contribution in [0, 0.1) is 0 Å². The molecule has 0 aliphatic carbocycles. The highest BCUT2D eigenvalue weighted by Crippen LogP contribution is 2.17. The summed E-state index contributed by atoms with van der Waals surface area (Å²) in [5.41, 5.74) is 0. The molecule has 20 heavy (non-hydrogen) atoms. The number of nitrogens with zero attached hydrogens (tertiary/aromatic N) is 2. The molecule has 7 heteroatoms. The van der Waals surface area contributed by atoms with Crippen LogP contribution in [0.2, 0.25) is 0 Å². The Morgan fingerprint density at radius 3 is 2.65 bits per heavy atom. The summed E-state index contributed by atoms with van der Waals surface area (Å²) in [6.07, 6.45) is 0.141. The van der Waals surface area contributed by atoms with Crippen molar-refractivity contribution in [1.82, 2.24) is 15.1 Å². The molecule has 0 aromatic carbocycles. The van der Waals surface area contributed by atoms with Gasteiger partial charge < -0.3 is 25.3 Å². The lowest BCUT2D eigenvalue weighted by Gasteiger charge is -2.23. The van der Waals surface area contributed by atoms with E-state index in [0.717, 1.165) is 13.0 Å². The number of hydrogen-bond donors (Lipinski definition) is 3. The number of urea groups is 1. The summed E-state index contributed by atoms with van der Waals surface area (Å²) in [4.78, 5) is 26.3. The van der Waals surface area contributed by atoms with Gasteiger partial charge in [0.15, 0.2) is 0 Å². The normalized spacial score (nSPS) is 22.6. The summed E-state index contributed by atoms with van der Waals surface area (Å²) in [5.74, 6) is -1.07. The molecule has 0 aromatic rings. The van der Waals surface area contributed by atoms with Crippen LogP contribution in [0.15, 0.2) is 0 Å². The van der Waals surface area contributed by atoms with E-state index in [2.05, 4.69) is 24.1 Å². The van der Waals surface area contributed by atoms with Gasteiger partial charge in [-0.2, -0.15) is 0 Å². The van der Waals surface area contributed by atoms with E-state index in [1.165, 1.54) is 4.90 Å². The molecule has 0 radical (unpaired) electrons. The summed E-state index contributed by atoms with van der Waals surface area (Å²) >= 11 is 0. The molecule has 1 rings (SSSR count). The fraction of sp³-hybridized carbons (Fsp3) is 0.846. The van der Waals surface area contributed by atoms with Crippen LogP contribution < -0.4 is 5.32 Å². The number of aliphatic hydroxyl groups excluding tert-OH is 1. The quantitative estimate of drug-likeness (QED) is 0.595.